The lowest BCUT2D eigenvalue weighted by molar-refractivity contribution is -0.201. The third-order valence-electron chi connectivity index (χ3n) is 12.1. The standard InChI is InChI=1S/C31H38N2O5.C4H6O6/c34-23-9-8-20-15-24-31(37)11-10-22(33-25(35)16-21(29(33)36)14-18-4-2-1-3-5-18)28-30(31,26(20)27(23)38-28)12-13-32(24)17-19-6-7-19;5-1(3(7)8)2(6)4(9)10/h8-9,14,18-19,22,24,28,34,37H,1-7,10-13,15-17H2;1-2,5-6H,(H,7,8)(H,9,10)/t22-,24-,28+,30+,31?;/m1./s1. The average Bonchev–Trinajstić information content (AvgIpc) is 3.74. The van der Waals surface area contributed by atoms with Crippen molar-refractivity contribution in [3.63, 3.8) is 0 Å². The minimum Gasteiger partial charge on any atom is -0.504 e. The number of phenols is 1. The number of ether oxygens (including phenoxy) is 1. The number of aliphatic hydroxyl groups is 3. The van der Waals surface area contributed by atoms with Gasteiger partial charge in [0.05, 0.1) is 23.5 Å². The first kappa shape index (κ1) is 33.0. The quantitative estimate of drug-likeness (QED) is 0.181. The third-order valence-corrected chi connectivity index (χ3v) is 12.1. The Kier molecular flexibility index (Phi) is 8.33. The number of carboxylic acids is 2. The number of benzene rings is 1. The number of nitrogens with zero attached hydrogens (tertiary/aromatic N) is 2. The highest BCUT2D eigenvalue weighted by molar-refractivity contribution is 6.13. The lowest BCUT2D eigenvalue weighted by Crippen LogP contribution is -2.78. The molecule has 2 amide bonds. The van der Waals surface area contributed by atoms with E-state index in [2.05, 4.69) is 11.0 Å². The number of allylic oxidation sites excluding steroid dienone is 1. The normalized spacial score (nSPS) is 34.6. The van der Waals surface area contributed by atoms with E-state index in [0.29, 0.717) is 36.5 Å². The van der Waals surface area contributed by atoms with Gasteiger partial charge in [-0.1, -0.05) is 31.4 Å². The molecular weight excluding hydrogens is 624 g/mol. The zero-order chi connectivity index (χ0) is 34.1. The van der Waals surface area contributed by atoms with E-state index in [-0.39, 0.29) is 30.0 Å². The number of carbonyl (C=O) groups is 4. The van der Waals surface area contributed by atoms with Crippen molar-refractivity contribution in [1.82, 2.24) is 9.80 Å². The lowest BCUT2D eigenvalue weighted by Gasteiger charge is -2.64. The number of aliphatic hydroxyl groups excluding tert-OH is 2. The SMILES string of the molecule is O=C(O)C(O)C(O)C(=O)O.O=C1CC(=CC2CCCCC2)C(=O)N1[C@@H]1CCC2(O)[C@H]3Cc4ccc(O)c5c4[C@@]2(CCN3CC2CC2)[C@H]1O5. The van der Waals surface area contributed by atoms with Gasteiger partial charge in [-0.2, -0.15) is 0 Å². The number of hydrogen-bond acceptors (Lipinski definition) is 10. The van der Waals surface area contributed by atoms with Crippen LogP contribution in [0.3, 0.4) is 0 Å². The summed E-state index contributed by atoms with van der Waals surface area (Å²) in [6, 6.07) is 3.24. The molecule has 7 aliphatic rings. The second kappa shape index (κ2) is 12.1. The van der Waals surface area contributed by atoms with Gasteiger partial charge in [0.15, 0.2) is 23.7 Å². The predicted molar refractivity (Wildman–Crippen MR) is 167 cm³/mol. The van der Waals surface area contributed by atoms with Crippen molar-refractivity contribution < 1.29 is 54.6 Å². The van der Waals surface area contributed by atoms with Gasteiger partial charge in [-0.15, -0.1) is 0 Å². The number of carbonyl (C=O) groups excluding carboxylic acids is 2. The topological polar surface area (TPSA) is 205 Å². The summed E-state index contributed by atoms with van der Waals surface area (Å²) in [5, 5.41) is 56.1. The van der Waals surface area contributed by atoms with Gasteiger partial charge < -0.3 is 35.4 Å². The van der Waals surface area contributed by atoms with E-state index < -0.39 is 47.3 Å². The first-order valence-corrected chi connectivity index (χ1v) is 17.2. The zero-order valence-corrected chi connectivity index (χ0v) is 26.8. The lowest BCUT2D eigenvalue weighted by atomic mass is 9.48. The van der Waals surface area contributed by atoms with Gasteiger partial charge in [0, 0.05) is 23.7 Å². The number of aliphatic carboxylic acids is 2. The van der Waals surface area contributed by atoms with Crippen LogP contribution < -0.4 is 4.74 Å². The molecule has 13 nitrogen and oxygen atoms in total. The summed E-state index contributed by atoms with van der Waals surface area (Å²) in [5.74, 6) is -2.20. The molecule has 8 rings (SSSR count). The molecule has 0 radical (unpaired) electrons. The van der Waals surface area contributed by atoms with Gasteiger partial charge in [-0.3, -0.25) is 19.4 Å². The highest BCUT2D eigenvalue weighted by atomic mass is 16.5. The number of carboxylic acid groups (broad SMARTS) is 2. The molecule has 7 atom stereocenters. The summed E-state index contributed by atoms with van der Waals surface area (Å²) in [4.78, 5) is 50.8. The molecule has 260 valence electrons. The van der Waals surface area contributed by atoms with Gasteiger partial charge in [0.25, 0.3) is 5.91 Å². The van der Waals surface area contributed by atoms with E-state index in [1.165, 1.54) is 37.0 Å². The minimum atomic E-state index is -2.27. The summed E-state index contributed by atoms with van der Waals surface area (Å²) >= 11 is 0. The molecule has 1 aromatic carbocycles. The van der Waals surface area contributed by atoms with Crippen LogP contribution in [0.1, 0.15) is 81.8 Å². The predicted octanol–water partition coefficient (Wildman–Crippen LogP) is 1.47. The second-order valence-corrected chi connectivity index (χ2v) is 14.8. The van der Waals surface area contributed by atoms with Crippen molar-refractivity contribution in [2.24, 2.45) is 11.8 Å². The molecule has 1 spiro atoms. The molecule has 0 aromatic heterocycles. The number of aromatic hydroxyl groups is 1. The number of piperidine rings is 1. The van der Waals surface area contributed by atoms with Gasteiger partial charge in [0.1, 0.15) is 6.10 Å². The van der Waals surface area contributed by atoms with Crippen molar-refractivity contribution in [3.05, 3.63) is 34.9 Å². The molecule has 5 fully saturated rings. The Morgan fingerprint density at radius 1 is 0.979 bits per heavy atom. The Labute approximate surface area is 277 Å². The van der Waals surface area contributed by atoms with Crippen LogP contribution >= 0.6 is 0 Å². The summed E-state index contributed by atoms with van der Waals surface area (Å²) < 4.78 is 6.62. The fourth-order valence-corrected chi connectivity index (χ4v) is 9.63. The van der Waals surface area contributed by atoms with Crippen molar-refractivity contribution in [2.45, 2.75) is 118 Å². The van der Waals surface area contributed by atoms with Gasteiger partial charge in [0.2, 0.25) is 5.91 Å². The Morgan fingerprint density at radius 2 is 1.67 bits per heavy atom. The molecule has 4 aliphatic carbocycles. The van der Waals surface area contributed by atoms with E-state index in [0.717, 1.165) is 49.4 Å². The first-order chi connectivity index (χ1) is 22.9. The summed E-state index contributed by atoms with van der Waals surface area (Å²) in [6.45, 7) is 1.88. The minimum absolute atomic E-state index is 0.0152. The Morgan fingerprint density at radius 3 is 2.31 bits per heavy atom. The van der Waals surface area contributed by atoms with E-state index in [1.54, 1.807) is 6.07 Å². The Hall–Kier alpha value is -3.52. The molecule has 3 saturated carbocycles. The molecule has 2 saturated heterocycles. The third kappa shape index (κ3) is 5.12. The van der Waals surface area contributed by atoms with Gasteiger partial charge in [-0.25, -0.2) is 9.59 Å². The maximum atomic E-state index is 13.8. The number of rotatable bonds is 7. The van der Waals surface area contributed by atoms with Crippen LogP contribution in [0, 0.1) is 11.8 Å². The molecule has 3 heterocycles. The summed E-state index contributed by atoms with van der Waals surface area (Å²) in [6.07, 6.45) is 8.00. The van der Waals surface area contributed by atoms with E-state index in [4.69, 9.17) is 25.2 Å². The average molecular weight is 669 g/mol. The number of imide groups is 1. The first-order valence-electron chi connectivity index (χ1n) is 17.2. The zero-order valence-electron chi connectivity index (χ0n) is 26.8. The van der Waals surface area contributed by atoms with Crippen LogP contribution in [0.4, 0.5) is 0 Å². The number of amides is 2. The van der Waals surface area contributed by atoms with E-state index in [9.17, 15) is 29.4 Å². The molecule has 2 bridgehead atoms. The second-order valence-electron chi connectivity index (χ2n) is 14.8. The molecule has 13 heteroatoms. The molecular formula is C35H44N2O11. The van der Waals surface area contributed by atoms with Crippen LogP contribution in [0.2, 0.25) is 0 Å². The van der Waals surface area contributed by atoms with Gasteiger partial charge in [-0.05, 0) is 81.4 Å². The fraction of sp³-hybridized carbons (Fsp3) is 0.657. The van der Waals surface area contributed by atoms with E-state index >= 15 is 0 Å². The van der Waals surface area contributed by atoms with Crippen LogP contribution in [-0.4, -0.2) is 113 Å². The van der Waals surface area contributed by atoms with E-state index in [1.807, 2.05) is 6.07 Å². The molecule has 1 aromatic rings. The van der Waals surface area contributed by atoms with Crippen molar-refractivity contribution >= 4 is 23.8 Å². The van der Waals surface area contributed by atoms with Crippen LogP contribution in [0.15, 0.2) is 23.8 Å². The maximum absolute atomic E-state index is 13.8. The summed E-state index contributed by atoms with van der Waals surface area (Å²) in [7, 11) is 0. The van der Waals surface area contributed by atoms with Crippen LogP contribution in [0.25, 0.3) is 0 Å². The highest BCUT2D eigenvalue weighted by Gasteiger charge is 2.74. The van der Waals surface area contributed by atoms with Crippen LogP contribution in [0.5, 0.6) is 11.5 Å². The number of hydrogen-bond donors (Lipinski definition) is 6. The molecule has 6 N–H and O–H groups in total. The van der Waals surface area contributed by atoms with Crippen LogP contribution in [-0.2, 0) is 31.0 Å². The molecule has 3 aliphatic heterocycles. The molecule has 48 heavy (non-hydrogen) atoms. The smallest absolute Gasteiger partial charge is 0.335 e. The van der Waals surface area contributed by atoms with Crippen molar-refractivity contribution in [2.75, 3.05) is 13.1 Å². The highest BCUT2D eigenvalue weighted by Crippen LogP contribution is 2.66. The number of likely N-dealkylation sites (tertiary alicyclic amines) is 2. The summed E-state index contributed by atoms with van der Waals surface area (Å²) in [5.41, 5.74) is 0.973. The fourth-order valence-electron chi connectivity index (χ4n) is 9.63. The monoisotopic (exact) mass is 668 g/mol. The Balaban J connectivity index is 0.000000320. The van der Waals surface area contributed by atoms with Crippen molar-refractivity contribution in [1.29, 1.82) is 0 Å². The van der Waals surface area contributed by atoms with Gasteiger partial charge >= 0.3 is 11.9 Å². The maximum Gasteiger partial charge on any atom is 0.335 e. The van der Waals surface area contributed by atoms with Crippen molar-refractivity contribution in [3.8, 4) is 11.5 Å². The molecule has 3 unspecified atom stereocenters. The Bertz CT molecular complexity index is 1530. The number of phenolic OH excluding ortho intramolecular Hbond substituents is 1. The largest absolute Gasteiger partial charge is 0.504 e.